The molecule has 7 heteroatoms. The minimum atomic E-state index is -0.602. The summed E-state index contributed by atoms with van der Waals surface area (Å²) in [7, 11) is 1.22. The molecule has 1 atom stereocenters. The van der Waals surface area contributed by atoms with E-state index < -0.39 is 12.6 Å². The zero-order valence-electron chi connectivity index (χ0n) is 7.52. The summed E-state index contributed by atoms with van der Waals surface area (Å²) in [5.74, 6) is -0.745. The van der Waals surface area contributed by atoms with Crippen molar-refractivity contribution in [2.24, 2.45) is 0 Å². The molecule has 0 aromatic heterocycles. The lowest BCUT2D eigenvalue weighted by molar-refractivity contribution is -0.143. The van der Waals surface area contributed by atoms with Crippen molar-refractivity contribution >= 4 is 17.9 Å². The molecule has 2 rings (SSSR count). The van der Waals surface area contributed by atoms with Gasteiger partial charge in [-0.1, -0.05) is 0 Å². The van der Waals surface area contributed by atoms with Gasteiger partial charge in [-0.25, -0.2) is 9.59 Å². The molecule has 3 amide bonds. The van der Waals surface area contributed by atoms with Crippen molar-refractivity contribution in [3.63, 3.8) is 0 Å². The summed E-state index contributed by atoms with van der Waals surface area (Å²) in [5, 5.41) is 10.0. The third-order valence-corrected chi connectivity index (χ3v) is 1.76. The number of methoxy groups -OCH3 is 1. The SMILES string of the molecule is COC(=O)CO.O=C1NC(=O)N2CC12. The molecule has 2 N–H and O–H groups in total. The van der Waals surface area contributed by atoms with Gasteiger partial charge in [0.25, 0.3) is 5.91 Å². The largest absolute Gasteiger partial charge is 0.467 e. The third kappa shape index (κ3) is 2.19. The molecule has 2 heterocycles. The Morgan fingerprint density at radius 3 is 2.43 bits per heavy atom. The molecule has 0 bridgehead atoms. The summed E-state index contributed by atoms with van der Waals surface area (Å²) in [6.45, 7) is 0.0984. The van der Waals surface area contributed by atoms with Crippen LogP contribution < -0.4 is 5.32 Å². The van der Waals surface area contributed by atoms with Crippen molar-refractivity contribution in [3.8, 4) is 0 Å². The predicted molar refractivity (Wildman–Crippen MR) is 43.1 cm³/mol. The molecular weight excluding hydrogens is 192 g/mol. The van der Waals surface area contributed by atoms with Crippen molar-refractivity contribution < 1.29 is 24.2 Å². The number of ether oxygens (including phenoxy) is 1. The van der Waals surface area contributed by atoms with Crippen molar-refractivity contribution in [3.05, 3.63) is 0 Å². The van der Waals surface area contributed by atoms with Gasteiger partial charge in [0.1, 0.15) is 12.6 Å². The number of urea groups is 1. The number of imide groups is 1. The van der Waals surface area contributed by atoms with E-state index in [0.717, 1.165) is 0 Å². The van der Waals surface area contributed by atoms with E-state index in [0.29, 0.717) is 6.54 Å². The summed E-state index contributed by atoms with van der Waals surface area (Å²) < 4.78 is 4.01. The van der Waals surface area contributed by atoms with Gasteiger partial charge in [0, 0.05) is 0 Å². The number of carbonyl (C=O) groups is 3. The molecule has 0 radical (unpaired) electrons. The van der Waals surface area contributed by atoms with Gasteiger partial charge in [0.15, 0.2) is 0 Å². The van der Waals surface area contributed by atoms with Crippen LogP contribution in [0.4, 0.5) is 4.79 Å². The molecule has 0 aliphatic carbocycles. The summed E-state index contributed by atoms with van der Waals surface area (Å²) in [4.78, 5) is 32.1. The van der Waals surface area contributed by atoms with Crippen LogP contribution in [0.5, 0.6) is 0 Å². The average Bonchev–Trinajstić information content (AvgIpc) is 2.92. The van der Waals surface area contributed by atoms with Gasteiger partial charge in [-0.2, -0.15) is 0 Å². The third-order valence-electron chi connectivity index (χ3n) is 1.76. The van der Waals surface area contributed by atoms with E-state index in [9.17, 15) is 14.4 Å². The van der Waals surface area contributed by atoms with Crippen LogP contribution in [0.1, 0.15) is 0 Å². The summed E-state index contributed by atoms with van der Waals surface area (Å²) in [5.41, 5.74) is 0. The number of rotatable bonds is 1. The van der Waals surface area contributed by atoms with Crippen LogP contribution in [0, 0.1) is 0 Å². The maximum absolute atomic E-state index is 10.5. The normalized spacial score (nSPS) is 21.9. The summed E-state index contributed by atoms with van der Waals surface area (Å²) in [6.07, 6.45) is 0. The van der Waals surface area contributed by atoms with E-state index in [4.69, 9.17) is 5.11 Å². The molecular formula is C7H10N2O5. The Kier molecular flexibility index (Phi) is 3.03. The number of aliphatic hydroxyl groups is 1. The van der Waals surface area contributed by atoms with Crippen LogP contribution in [0.25, 0.3) is 0 Å². The van der Waals surface area contributed by atoms with E-state index in [1.54, 1.807) is 0 Å². The molecule has 2 aliphatic heterocycles. The number of fused-ring (bicyclic) bond motifs is 1. The standard InChI is InChI=1S/C4H4N2O2.C3H6O3/c7-3-2-1-6(2)4(8)5-3;1-6-3(5)2-4/h2H,1H2,(H,5,7,8);4H,2H2,1H3. The van der Waals surface area contributed by atoms with Crippen LogP contribution in [0.3, 0.4) is 0 Å². The van der Waals surface area contributed by atoms with Gasteiger partial charge >= 0.3 is 12.0 Å². The number of aliphatic hydroxyl groups excluding tert-OH is 1. The first-order valence-electron chi connectivity index (χ1n) is 3.89. The zero-order valence-corrected chi connectivity index (χ0v) is 7.52. The van der Waals surface area contributed by atoms with E-state index in [-0.39, 0.29) is 18.0 Å². The van der Waals surface area contributed by atoms with Crippen molar-refractivity contribution in [2.75, 3.05) is 20.3 Å². The Hall–Kier alpha value is -1.63. The molecule has 14 heavy (non-hydrogen) atoms. The molecule has 0 aromatic rings. The minimum absolute atomic E-state index is 0.109. The lowest BCUT2D eigenvalue weighted by atomic mass is 10.5. The monoisotopic (exact) mass is 202 g/mol. The smallest absolute Gasteiger partial charge is 0.331 e. The summed E-state index contributed by atoms with van der Waals surface area (Å²) >= 11 is 0. The number of nitrogens with zero attached hydrogens (tertiary/aromatic N) is 1. The highest BCUT2D eigenvalue weighted by molar-refractivity contribution is 6.08. The highest BCUT2D eigenvalue weighted by Crippen LogP contribution is 2.21. The topological polar surface area (TPSA) is 95.7 Å². The minimum Gasteiger partial charge on any atom is -0.467 e. The first-order valence-corrected chi connectivity index (χ1v) is 3.89. The number of amides is 3. The van der Waals surface area contributed by atoms with Crippen molar-refractivity contribution in [2.45, 2.75) is 6.04 Å². The lowest BCUT2D eigenvalue weighted by Gasteiger charge is -1.88. The van der Waals surface area contributed by atoms with Gasteiger partial charge < -0.3 is 14.7 Å². The molecule has 7 nitrogen and oxygen atoms in total. The van der Waals surface area contributed by atoms with Crippen LogP contribution >= 0.6 is 0 Å². The first kappa shape index (κ1) is 10.5. The summed E-state index contributed by atoms with van der Waals surface area (Å²) in [6, 6.07) is -0.345. The average molecular weight is 202 g/mol. The van der Waals surface area contributed by atoms with Crippen LogP contribution in [0.2, 0.25) is 0 Å². The maximum Gasteiger partial charge on any atom is 0.331 e. The fourth-order valence-corrected chi connectivity index (χ4v) is 0.913. The molecule has 0 saturated carbocycles. The Bertz CT molecular complexity index is 253. The van der Waals surface area contributed by atoms with E-state index in [1.807, 2.05) is 0 Å². The van der Waals surface area contributed by atoms with Gasteiger partial charge in [0.05, 0.1) is 13.7 Å². The van der Waals surface area contributed by atoms with Crippen LogP contribution in [-0.4, -0.2) is 54.2 Å². The quantitative estimate of drug-likeness (QED) is 0.293. The van der Waals surface area contributed by atoms with E-state index in [2.05, 4.69) is 10.1 Å². The molecule has 2 fully saturated rings. The van der Waals surface area contributed by atoms with Gasteiger partial charge in [-0.15, -0.1) is 0 Å². The molecule has 0 aromatic carbocycles. The number of esters is 1. The Labute approximate surface area is 79.6 Å². The number of nitrogens with one attached hydrogen (secondary N) is 1. The Morgan fingerprint density at radius 1 is 1.71 bits per heavy atom. The molecule has 2 aliphatic rings. The van der Waals surface area contributed by atoms with Gasteiger partial charge in [-0.05, 0) is 0 Å². The molecule has 2 saturated heterocycles. The number of carbonyl (C=O) groups excluding carboxylic acids is 3. The van der Waals surface area contributed by atoms with Gasteiger partial charge in [-0.3, -0.25) is 10.1 Å². The predicted octanol–water partition coefficient (Wildman–Crippen LogP) is -1.93. The lowest BCUT2D eigenvalue weighted by Crippen LogP contribution is -2.26. The van der Waals surface area contributed by atoms with Crippen LogP contribution in [0.15, 0.2) is 0 Å². The second kappa shape index (κ2) is 4.05. The number of hydrogen-bond donors (Lipinski definition) is 2. The highest BCUT2D eigenvalue weighted by Gasteiger charge is 2.51. The van der Waals surface area contributed by atoms with Crippen molar-refractivity contribution in [1.29, 1.82) is 0 Å². The van der Waals surface area contributed by atoms with Crippen LogP contribution in [-0.2, 0) is 14.3 Å². The fraction of sp³-hybridized carbons (Fsp3) is 0.571. The fourth-order valence-electron chi connectivity index (χ4n) is 0.913. The first-order chi connectivity index (χ1) is 6.60. The van der Waals surface area contributed by atoms with E-state index in [1.165, 1.54) is 12.0 Å². The molecule has 1 unspecified atom stereocenters. The second-order valence-electron chi connectivity index (χ2n) is 2.70. The molecule has 0 spiro atoms. The van der Waals surface area contributed by atoms with Crippen molar-refractivity contribution in [1.82, 2.24) is 10.2 Å². The molecule has 78 valence electrons. The maximum atomic E-state index is 10.5. The Balaban J connectivity index is 0.000000149. The highest BCUT2D eigenvalue weighted by atomic mass is 16.5. The Morgan fingerprint density at radius 2 is 2.36 bits per heavy atom. The number of hydrogen-bond acceptors (Lipinski definition) is 5. The zero-order chi connectivity index (χ0) is 10.7. The second-order valence-corrected chi connectivity index (χ2v) is 2.70. The van der Waals surface area contributed by atoms with E-state index >= 15 is 0 Å². The van der Waals surface area contributed by atoms with Gasteiger partial charge in [0.2, 0.25) is 0 Å².